The van der Waals surface area contributed by atoms with Crippen molar-refractivity contribution in [2.24, 2.45) is 0 Å². The molecule has 120 valence electrons. The van der Waals surface area contributed by atoms with Crippen LogP contribution in [0, 0.1) is 3.57 Å². The molecule has 0 fully saturated rings. The van der Waals surface area contributed by atoms with Gasteiger partial charge in [0.05, 0.1) is 6.61 Å². The maximum atomic E-state index is 9.17. The molecule has 0 unspecified atom stereocenters. The quantitative estimate of drug-likeness (QED) is 0.501. The van der Waals surface area contributed by atoms with E-state index in [2.05, 4.69) is 48.7 Å². The number of aromatic nitrogens is 6. The molecule has 0 atom stereocenters. The van der Waals surface area contributed by atoms with Crippen molar-refractivity contribution >= 4 is 33.5 Å². The molecule has 0 aliphatic carbocycles. The lowest BCUT2D eigenvalue weighted by Crippen LogP contribution is -2.00. The highest BCUT2D eigenvalue weighted by atomic mass is 127. The van der Waals surface area contributed by atoms with Crippen LogP contribution in [-0.4, -0.2) is 41.0 Å². The third-order valence-corrected chi connectivity index (χ3v) is 4.54. The molecule has 0 aliphatic rings. The topological polar surface area (TPSA) is 81.6 Å². The highest BCUT2D eigenvalue weighted by molar-refractivity contribution is 14.1. The van der Waals surface area contributed by atoms with E-state index < -0.39 is 0 Å². The van der Waals surface area contributed by atoms with Crippen LogP contribution < -0.4 is 0 Å². The van der Waals surface area contributed by atoms with Crippen LogP contribution in [0.5, 0.6) is 0 Å². The standard InChI is InChI=1S/C16H13IN6O/c17-13-9-22(6-7-24)14-3-2-11(8-12(13)14)15-20-10-23(21-15)16-18-4-1-5-19-16/h1-5,8-10,24H,6-7H2. The molecular weight excluding hydrogens is 419 g/mol. The highest BCUT2D eigenvalue weighted by Gasteiger charge is 2.11. The van der Waals surface area contributed by atoms with E-state index in [1.807, 2.05) is 22.9 Å². The van der Waals surface area contributed by atoms with Gasteiger partial charge in [0.15, 0.2) is 5.82 Å². The summed E-state index contributed by atoms with van der Waals surface area (Å²) in [7, 11) is 0. The molecule has 3 heterocycles. The molecule has 0 spiro atoms. The first-order chi connectivity index (χ1) is 11.8. The van der Waals surface area contributed by atoms with Gasteiger partial charge in [-0.25, -0.2) is 15.0 Å². The number of aliphatic hydroxyl groups is 1. The Labute approximate surface area is 151 Å². The fourth-order valence-corrected chi connectivity index (χ4v) is 3.35. The first kappa shape index (κ1) is 15.2. The SMILES string of the molecule is OCCn1cc(I)c2cc(-c3ncn(-c4ncccn4)n3)ccc21. The molecule has 24 heavy (non-hydrogen) atoms. The second kappa shape index (κ2) is 6.29. The first-order valence-electron chi connectivity index (χ1n) is 7.35. The van der Waals surface area contributed by atoms with Crippen molar-refractivity contribution in [1.82, 2.24) is 29.3 Å². The van der Waals surface area contributed by atoms with E-state index in [0.29, 0.717) is 18.3 Å². The summed E-state index contributed by atoms with van der Waals surface area (Å²) in [4.78, 5) is 12.7. The lowest BCUT2D eigenvalue weighted by Gasteiger charge is -2.03. The third kappa shape index (κ3) is 2.67. The Kier molecular flexibility index (Phi) is 3.98. The summed E-state index contributed by atoms with van der Waals surface area (Å²) >= 11 is 2.30. The van der Waals surface area contributed by atoms with Gasteiger partial charge in [0.25, 0.3) is 5.95 Å². The van der Waals surface area contributed by atoms with Gasteiger partial charge < -0.3 is 9.67 Å². The average Bonchev–Trinajstić information content (AvgIpc) is 3.22. The van der Waals surface area contributed by atoms with Crippen LogP contribution in [0.2, 0.25) is 0 Å². The van der Waals surface area contributed by atoms with Gasteiger partial charge in [0.2, 0.25) is 0 Å². The second-order valence-electron chi connectivity index (χ2n) is 5.19. The van der Waals surface area contributed by atoms with Crippen LogP contribution in [0.4, 0.5) is 0 Å². The molecule has 4 aromatic rings. The summed E-state index contributed by atoms with van der Waals surface area (Å²) in [5.74, 6) is 1.11. The zero-order chi connectivity index (χ0) is 16.5. The van der Waals surface area contributed by atoms with E-state index in [1.165, 1.54) is 0 Å². The molecule has 0 bridgehead atoms. The Balaban J connectivity index is 1.75. The van der Waals surface area contributed by atoms with E-state index >= 15 is 0 Å². The maximum Gasteiger partial charge on any atom is 0.251 e. The van der Waals surface area contributed by atoms with Crippen LogP contribution in [0.1, 0.15) is 0 Å². The van der Waals surface area contributed by atoms with E-state index in [0.717, 1.165) is 20.0 Å². The highest BCUT2D eigenvalue weighted by Crippen LogP contribution is 2.27. The Morgan fingerprint density at radius 2 is 1.96 bits per heavy atom. The summed E-state index contributed by atoms with van der Waals surface area (Å²) < 4.78 is 4.73. The molecule has 0 aliphatic heterocycles. The summed E-state index contributed by atoms with van der Waals surface area (Å²) in [6.45, 7) is 0.696. The van der Waals surface area contributed by atoms with Crippen LogP contribution in [0.25, 0.3) is 28.2 Å². The number of benzene rings is 1. The van der Waals surface area contributed by atoms with Crippen LogP contribution in [-0.2, 0) is 6.54 Å². The molecule has 8 heteroatoms. The zero-order valence-corrected chi connectivity index (χ0v) is 14.7. The van der Waals surface area contributed by atoms with E-state index in [4.69, 9.17) is 0 Å². The number of hydrogen-bond donors (Lipinski definition) is 1. The van der Waals surface area contributed by atoms with Crippen molar-refractivity contribution in [2.45, 2.75) is 6.54 Å². The van der Waals surface area contributed by atoms with Crippen LogP contribution in [0.3, 0.4) is 0 Å². The van der Waals surface area contributed by atoms with Crippen molar-refractivity contribution in [1.29, 1.82) is 0 Å². The van der Waals surface area contributed by atoms with E-state index in [-0.39, 0.29) is 6.61 Å². The number of halogens is 1. The summed E-state index contributed by atoms with van der Waals surface area (Å²) in [6, 6.07) is 7.84. The van der Waals surface area contributed by atoms with E-state index in [1.54, 1.807) is 29.5 Å². The summed E-state index contributed by atoms with van der Waals surface area (Å²) in [6.07, 6.45) is 6.98. The molecule has 7 nitrogen and oxygen atoms in total. The predicted octanol–water partition coefficient (Wildman–Crippen LogP) is 2.28. The van der Waals surface area contributed by atoms with Gasteiger partial charge in [-0.2, -0.15) is 4.68 Å². The largest absolute Gasteiger partial charge is 0.395 e. The molecule has 1 aromatic carbocycles. The fraction of sp³-hybridized carbons (Fsp3) is 0.125. The summed E-state index contributed by atoms with van der Waals surface area (Å²) in [5.41, 5.74) is 2.01. The zero-order valence-electron chi connectivity index (χ0n) is 12.5. The Hall–Kier alpha value is -2.33. The fourth-order valence-electron chi connectivity index (χ4n) is 2.59. The Morgan fingerprint density at radius 3 is 2.75 bits per heavy atom. The molecule has 0 radical (unpaired) electrons. The minimum atomic E-state index is 0.116. The van der Waals surface area contributed by atoms with Gasteiger partial charge in [0.1, 0.15) is 6.33 Å². The normalized spacial score (nSPS) is 11.2. The minimum Gasteiger partial charge on any atom is -0.395 e. The second-order valence-corrected chi connectivity index (χ2v) is 6.35. The number of rotatable bonds is 4. The van der Waals surface area contributed by atoms with Gasteiger partial charge in [-0.05, 0) is 46.9 Å². The monoisotopic (exact) mass is 432 g/mol. The van der Waals surface area contributed by atoms with Gasteiger partial charge in [-0.3, -0.25) is 0 Å². The first-order valence-corrected chi connectivity index (χ1v) is 8.43. The molecule has 0 saturated heterocycles. The third-order valence-electron chi connectivity index (χ3n) is 3.68. The molecule has 1 N–H and O–H groups in total. The molecule has 3 aromatic heterocycles. The minimum absolute atomic E-state index is 0.116. The number of hydrogen-bond acceptors (Lipinski definition) is 5. The Morgan fingerprint density at radius 1 is 1.12 bits per heavy atom. The van der Waals surface area contributed by atoms with Crippen molar-refractivity contribution in [3.63, 3.8) is 0 Å². The van der Waals surface area contributed by atoms with Crippen molar-refractivity contribution < 1.29 is 5.11 Å². The smallest absolute Gasteiger partial charge is 0.251 e. The van der Waals surface area contributed by atoms with Crippen LogP contribution >= 0.6 is 22.6 Å². The molecule has 0 amide bonds. The average molecular weight is 432 g/mol. The lowest BCUT2D eigenvalue weighted by atomic mass is 10.1. The van der Waals surface area contributed by atoms with Gasteiger partial charge in [-0.15, -0.1) is 5.10 Å². The maximum absolute atomic E-state index is 9.17. The molecular formula is C16H13IN6O. The van der Waals surface area contributed by atoms with Gasteiger partial charge in [-0.1, -0.05) is 0 Å². The predicted molar refractivity (Wildman–Crippen MR) is 97.7 cm³/mol. The van der Waals surface area contributed by atoms with Crippen LogP contribution in [0.15, 0.2) is 49.2 Å². The van der Waals surface area contributed by atoms with Gasteiger partial charge >= 0.3 is 0 Å². The number of aliphatic hydroxyl groups excluding tert-OH is 1. The van der Waals surface area contributed by atoms with E-state index in [9.17, 15) is 5.11 Å². The number of fused-ring (bicyclic) bond motifs is 1. The lowest BCUT2D eigenvalue weighted by molar-refractivity contribution is 0.278. The van der Waals surface area contributed by atoms with Crippen molar-refractivity contribution in [3.8, 4) is 17.3 Å². The van der Waals surface area contributed by atoms with Crippen molar-refractivity contribution in [3.05, 3.63) is 52.8 Å². The van der Waals surface area contributed by atoms with Gasteiger partial charge in [0, 0.05) is 45.2 Å². The molecule has 4 rings (SSSR count). The number of nitrogens with zero attached hydrogens (tertiary/aromatic N) is 6. The Bertz CT molecular complexity index is 994. The molecule has 0 saturated carbocycles. The van der Waals surface area contributed by atoms with Crippen molar-refractivity contribution in [2.75, 3.05) is 6.61 Å². The summed E-state index contributed by atoms with van der Waals surface area (Å²) in [5, 5.41) is 14.8.